The number of methoxy groups -OCH3 is 1. The molecule has 0 saturated carbocycles. The van der Waals surface area contributed by atoms with Crippen molar-refractivity contribution in [3.8, 4) is 27.6 Å². The fraction of sp³-hybridized carbons (Fsp3) is 0.462. The van der Waals surface area contributed by atoms with Crippen LogP contribution in [-0.4, -0.2) is 66.4 Å². The number of hydrogen-bond donors (Lipinski definition) is 0. The van der Waals surface area contributed by atoms with E-state index in [1.807, 2.05) is 33.9 Å². The zero-order valence-electron chi connectivity index (χ0n) is 20.6. The Hall–Kier alpha value is -2.84. The number of carbonyl (C=O) groups excluding carboxylic acids is 1. The average Bonchev–Trinajstić information content (AvgIpc) is 3.50. The standard InChI is InChI=1S/C26H32N4O3S/c1-26(2,3)28(4)25(31)24-27-22(21-7-6-14-34-21)23-18-16-19(29-10-12-33-13-11-29)20(32-5)15-17(18)8-9-30(23)24/h6-7,14-16H,8-13H2,1-5H3. The second-order valence-corrected chi connectivity index (χ2v) is 10.8. The Labute approximate surface area is 204 Å². The zero-order chi connectivity index (χ0) is 24.0. The van der Waals surface area contributed by atoms with Crippen molar-refractivity contribution in [2.75, 3.05) is 45.4 Å². The van der Waals surface area contributed by atoms with Crippen molar-refractivity contribution in [1.29, 1.82) is 0 Å². The Morgan fingerprint density at radius 3 is 2.62 bits per heavy atom. The summed E-state index contributed by atoms with van der Waals surface area (Å²) in [6.45, 7) is 9.90. The molecule has 34 heavy (non-hydrogen) atoms. The number of rotatable bonds is 4. The molecule has 5 rings (SSSR count). The molecule has 2 aliphatic rings. The minimum Gasteiger partial charge on any atom is -0.495 e. The predicted molar refractivity (Wildman–Crippen MR) is 136 cm³/mol. The van der Waals surface area contributed by atoms with Crippen LogP contribution < -0.4 is 9.64 Å². The molecule has 1 aromatic carbocycles. The van der Waals surface area contributed by atoms with Crippen LogP contribution in [0.2, 0.25) is 0 Å². The highest BCUT2D eigenvalue weighted by atomic mass is 32.1. The van der Waals surface area contributed by atoms with Crippen molar-refractivity contribution in [2.24, 2.45) is 0 Å². The van der Waals surface area contributed by atoms with Crippen LogP contribution in [0.4, 0.5) is 5.69 Å². The second-order valence-electron chi connectivity index (χ2n) is 9.83. The third-order valence-electron chi connectivity index (χ3n) is 6.84. The maximum absolute atomic E-state index is 13.6. The van der Waals surface area contributed by atoms with E-state index in [1.54, 1.807) is 23.3 Å². The van der Waals surface area contributed by atoms with Crippen molar-refractivity contribution in [3.05, 3.63) is 41.0 Å². The number of nitrogens with zero attached hydrogens (tertiary/aromatic N) is 4. The van der Waals surface area contributed by atoms with E-state index in [9.17, 15) is 4.79 Å². The molecule has 2 aliphatic heterocycles. The molecular weight excluding hydrogens is 448 g/mol. The van der Waals surface area contributed by atoms with Crippen LogP contribution in [0, 0.1) is 0 Å². The van der Waals surface area contributed by atoms with E-state index in [4.69, 9.17) is 14.5 Å². The highest BCUT2D eigenvalue weighted by Crippen LogP contribution is 2.44. The minimum atomic E-state index is -0.296. The van der Waals surface area contributed by atoms with Crippen LogP contribution >= 0.6 is 11.3 Å². The topological polar surface area (TPSA) is 59.8 Å². The molecule has 1 fully saturated rings. The van der Waals surface area contributed by atoms with Gasteiger partial charge in [-0.3, -0.25) is 4.79 Å². The number of imidazole rings is 1. The number of fused-ring (bicyclic) bond motifs is 3. The molecule has 4 heterocycles. The van der Waals surface area contributed by atoms with Crippen molar-refractivity contribution in [2.45, 2.75) is 39.3 Å². The molecule has 1 saturated heterocycles. The average molecular weight is 481 g/mol. The lowest BCUT2D eigenvalue weighted by Gasteiger charge is -2.33. The van der Waals surface area contributed by atoms with Gasteiger partial charge in [-0.05, 0) is 56.3 Å². The summed E-state index contributed by atoms with van der Waals surface area (Å²) in [5.41, 5.74) is 5.02. The Kier molecular flexibility index (Phi) is 5.90. The molecule has 8 heteroatoms. The monoisotopic (exact) mass is 480 g/mol. The SMILES string of the molecule is COc1cc2c(cc1N1CCOCC1)-c1c(-c3cccs3)nc(C(=O)N(C)C(C)(C)C)n1CC2. The van der Waals surface area contributed by atoms with Gasteiger partial charge in [-0.2, -0.15) is 0 Å². The first-order valence-corrected chi connectivity index (χ1v) is 12.6. The number of hydrogen-bond acceptors (Lipinski definition) is 6. The summed E-state index contributed by atoms with van der Waals surface area (Å²) in [7, 11) is 3.59. The molecule has 2 aromatic heterocycles. The molecular formula is C26H32N4O3S. The lowest BCUT2D eigenvalue weighted by molar-refractivity contribution is 0.0638. The van der Waals surface area contributed by atoms with Gasteiger partial charge in [-0.15, -0.1) is 11.3 Å². The Bertz CT molecular complexity index is 1200. The van der Waals surface area contributed by atoms with Crippen molar-refractivity contribution in [3.63, 3.8) is 0 Å². The smallest absolute Gasteiger partial charge is 0.290 e. The Balaban J connectivity index is 1.70. The summed E-state index contributed by atoms with van der Waals surface area (Å²) < 4.78 is 13.5. The van der Waals surface area contributed by atoms with Gasteiger partial charge in [0.15, 0.2) is 5.82 Å². The summed E-state index contributed by atoms with van der Waals surface area (Å²) in [6.07, 6.45) is 0.821. The molecule has 1 amide bonds. The first kappa shape index (κ1) is 22.9. The normalized spacial score (nSPS) is 15.6. The molecule has 0 aliphatic carbocycles. The molecule has 0 unspecified atom stereocenters. The molecule has 0 N–H and O–H groups in total. The lowest BCUT2D eigenvalue weighted by atomic mass is 9.95. The van der Waals surface area contributed by atoms with E-state index < -0.39 is 0 Å². The number of benzene rings is 1. The molecule has 0 spiro atoms. The number of amides is 1. The van der Waals surface area contributed by atoms with E-state index >= 15 is 0 Å². The summed E-state index contributed by atoms with van der Waals surface area (Å²) >= 11 is 1.65. The quantitative estimate of drug-likeness (QED) is 0.548. The third kappa shape index (κ3) is 3.88. The highest BCUT2D eigenvalue weighted by Gasteiger charge is 2.33. The number of anilines is 1. The largest absolute Gasteiger partial charge is 0.495 e. The van der Waals surface area contributed by atoms with E-state index in [0.29, 0.717) is 25.6 Å². The first-order valence-electron chi connectivity index (χ1n) is 11.8. The van der Waals surface area contributed by atoms with Crippen molar-refractivity contribution in [1.82, 2.24) is 14.5 Å². The number of morpholine rings is 1. The highest BCUT2D eigenvalue weighted by molar-refractivity contribution is 7.13. The van der Waals surface area contributed by atoms with E-state index in [1.165, 1.54) is 5.56 Å². The summed E-state index contributed by atoms with van der Waals surface area (Å²) in [5, 5.41) is 2.06. The molecule has 180 valence electrons. The third-order valence-corrected chi connectivity index (χ3v) is 7.72. The predicted octanol–water partition coefficient (Wildman–Crippen LogP) is 4.55. The summed E-state index contributed by atoms with van der Waals surface area (Å²) in [4.78, 5) is 23.7. The zero-order valence-corrected chi connectivity index (χ0v) is 21.4. The second kappa shape index (κ2) is 8.74. The fourth-order valence-electron chi connectivity index (χ4n) is 4.63. The van der Waals surface area contributed by atoms with Gasteiger partial charge in [0.25, 0.3) is 5.91 Å². The number of aromatic nitrogens is 2. The summed E-state index contributed by atoms with van der Waals surface area (Å²) in [5.74, 6) is 1.34. The summed E-state index contributed by atoms with van der Waals surface area (Å²) in [6, 6.07) is 8.50. The van der Waals surface area contributed by atoms with Gasteiger partial charge >= 0.3 is 0 Å². The van der Waals surface area contributed by atoms with E-state index in [-0.39, 0.29) is 11.4 Å². The van der Waals surface area contributed by atoms with Gasteiger partial charge in [0.05, 0.1) is 36.6 Å². The molecule has 7 nitrogen and oxygen atoms in total. The fourth-order valence-corrected chi connectivity index (χ4v) is 5.35. The van der Waals surface area contributed by atoms with Crippen molar-refractivity contribution < 1.29 is 14.3 Å². The number of ether oxygens (including phenoxy) is 2. The maximum Gasteiger partial charge on any atom is 0.290 e. The molecule has 0 bridgehead atoms. The number of carbonyl (C=O) groups is 1. The van der Waals surface area contributed by atoms with E-state index in [2.05, 4.69) is 33.0 Å². The van der Waals surface area contributed by atoms with Gasteiger partial charge in [0.2, 0.25) is 0 Å². The molecule has 0 radical (unpaired) electrons. The minimum absolute atomic E-state index is 0.0538. The first-order chi connectivity index (χ1) is 16.3. The number of thiophene rings is 1. The van der Waals surface area contributed by atoms with Crippen LogP contribution in [0.3, 0.4) is 0 Å². The van der Waals surface area contributed by atoms with Crippen LogP contribution in [-0.2, 0) is 17.7 Å². The van der Waals surface area contributed by atoms with Gasteiger partial charge < -0.3 is 23.8 Å². The van der Waals surface area contributed by atoms with Crippen LogP contribution in [0.1, 0.15) is 37.0 Å². The molecule has 3 aromatic rings. The Morgan fingerprint density at radius 1 is 1.21 bits per heavy atom. The number of aryl methyl sites for hydroxylation is 1. The van der Waals surface area contributed by atoms with Crippen LogP contribution in [0.15, 0.2) is 29.6 Å². The Morgan fingerprint density at radius 2 is 1.97 bits per heavy atom. The van der Waals surface area contributed by atoms with Gasteiger partial charge in [0.1, 0.15) is 11.4 Å². The van der Waals surface area contributed by atoms with Crippen LogP contribution in [0.25, 0.3) is 21.8 Å². The maximum atomic E-state index is 13.6. The van der Waals surface area contributed by atoms with E-state index in [0.717, 1.165) is 52.8 Å². The van der Waals surface area contributed by atoms with Crippen molar-refractivity contribution >= 4 is 22.9 Å². The van der Waals surface area contributed by atoms with Gasteiger partial charge in [-0.25, -0.2) is 4.98 Å². The molecule has 0 atom stereocenters. The lowest BCUT2D eigenvalue weighted by Crippen LogP contribution is -2.43. The van der Waals surface area contributed by atoms with Crippen LogP contribution in [0.5, 0.6) is 5.75 Å². The van der Waals surface area contributed by atoms with Gasteiger partial charge in [-0.1, -0.05) is 6.07 Å². The van der Waals surface area contributed by atoms with Gasteiger partial charge in [0, 0.05) is 37.8 Å².